The van der Waals surface area contributed by atoms with E-state index in [0.29, 0.717) is 19.1 Å². The number of para-hydroxylation sites is 2. The zero-order chi connectivity index (χ0) is 24.9. The summed E-state index contributed by atoms with van der Waals surface area (Å²) in [7, 11) is 0. The van der Waals surface area contributed by atoms with E-state index in [1.165, 1.54) is 0 Å². The highest BCUT2D eigenvalue weighted by Gasteiger charge is 2.31. The largest absolute Gasteiger partial charge is 0.390 e. The van der Waals surface area contributed by atoms with Gasteiger partial charge < -0.3 is 14.7 Å². The SMILES string of the molecule is Cc1nc2ccccc2n1-c1cc(N2CCOCC2)n2nc(CN3CCC(C(C)(C)O)CC3)cc2n1. The van der Waals surface area contributed by atoms with E-state index in [2.05, 4.69) is 32.6 Å². The number of benzene rings is 1. The summed E-state index contributed by atoms with van der Waals surface area (Å²) in [4.78, 5) is 14.6. The van der Waals surface area contributed by atoms with E-state index < -0.39 is 5.60 Å². The molecule has 1 aromatic carbocycles. The molecular weight excluding hydrogens is 454 g/mol. The maximum Gasteiger partial charge on any atom is 0.160 e. The highest BCUT2D eigenvalue weighted by Crippen LogP contribution is 2.29. The highest BCUT2D eigenvalue weighted by molar-refractivity contribution is 5.78. The first-order chi connectivity index (χ1) is 17.4. The second-order valence-electron chi connectivity index (χ2n) is 10.7. The van der Waals surface area contributed by atoms with Gasteiger partial charge >= 0.3 is 0 Å². The summed E-state index contributed by atoms with van der Waals surface area (Å²) in [5.74, 6) is 3.14. The fraction of sp³-hybridized carbons (Fsp3) is 0.519. The number of morpholine rings is 1. The number of ether oxygens (including phenoxy) is 1. The highest BCUT2D eigenvalue weighted by atomic mass is 16.5. The molecular formula is C27H35N7O2. The summed E-state index contributed by atoms with van der Waals surface area (Å²) < 4.78 is 9.74. The van der Waals surface area contributed by atoms with Gasteiger partial charge in [0.25, 0.3) is 0 Å². The average molecular weight is 490 g/mol. The third kappa shape index (κ3) is 4.36. The predicted molar refractivity (Wildman–Crippen MR) is 140 cm³/mol. The number of aliphatic hydroxyl groups is 1. The molecule has 0 spiro atoms. The topological polar surface area (TPSA) is 84.0 Å². The molecule has 9 nitrogen and oxygen atoms in total. The number of piperidine rings is 1. The Morgan fingerprint density at radius 2 is 1.78 bits per heavy atom. The third-order valence-corrected chi connectivity index (χ3v) is 7.71. The van der Waals surface area contributed by atoms with Crippen LogP contribution in [-0.2, 0) is 11.3 Å². The molecule has 2 fully saturated rings. The molecule has 4 aromatic rings. The van der Waals surface area contributed by atoms with Crippen molar-refractivity contribution in [2.24, 2.45) is 5.92 Å². The maximum atomic E-state index is 10.4. The van der Waals surface area contributed by atoms with Crippen molar-refractivity contribution in [3.8, 4) is 5.82 Å². The molecule has 0 amide bonds. The van der Waals surface area contributed by atoms with Gasteiger partial charge in [-0.05, 0) is 64.8 Å². The van der Waals surface area contributed by atoms with Crippen LogP contribution in [0.3, 0.4) is 0 Å². The van der Waals surface area contributed by atoms with E-state index in [-0.39, 0.29) is 0 Å². The van der Waals surface area contributed by atoms with Gasteiger partial charge in [0.15, 0.2) is 5.65 Å². The lowest BCUT2D eigenvalue weighted by molar-refractivity contribution is -0.0137. The minimum absolute atomic E-state index is 0.347. The van der Waals surface area contributed by atoms with E-state index in [4.69, 9.17) is 19.8 Å². The number of fused-ring (bicyclic) bond motifs is 2. The Morgan fingerprint density at radius 3 is 2.53 bits per heavy atom. The Hall–Kier alpha value is -3.01. The van der Waals surface area contributed by atoms with Crippen LogP contribution in [0.4, 0.5) is 5.82 Å². The van der Waals surface area contributed by atoms with Gasteiger partial charge in [0.05, 0.1) is 35.5 Å². The van der Waals surface area contributed by atoms with Crippen molar-refractivity contribution in [2.45, 2.75) is 45.8 Å². The molecule has 1 N–H and O–H groups in total. The van der Waals surface area contributed by atoms with E-state index in [0.717, 1.165) is 85.4 Å². The molecule has 36 heavy (non-hydrogen) atoms. The molecule has 0 radical (unpaired) electrons. The molecule has 0 atom stereocenters. The van der Waals surface area contributed by atoms with Crippen molar-refractivity contribution in [3.05, 3.63) is 47.9 Å². The fourth-order valence-corrected chi connectivity index (χ4v) is 5.66. The summed E-state index contributed by atoms with van der Waals surface area (Å²) in [5, 5.41) is 15.4. The van der Waals surface area contributed by atoms with Crippen molar-refractivity contribution in [1.29, 1.82) is 0 Å². The standard InChI is InChI=1S/C27H35N7O2/c1-19-28-22-6-4-5-7-23(22)33(19)24-17-26(32-12-14-36-15-13-32)34-25(29-24)16-21(30-34)18-31-10-8-20(9-11-31)27(2,3)35/h4-7,16-17,20,35H,8-15,18H2,1-3H3. The molecule has 3 aromatic heterocycles. The molecule has 2 aliphatic rings. The van der Waals surface area contributed by atoms with Crippen molar-refractivity contribution >= 4 is 22.5 Å². The Kier molecular flexibility index (Phi) is 5.94. The monoisotopic (exact) mass is 489 g/mol. The number of likely N-dealkylation sites (tertiary alicyclic amines) is 1. The summed E-state index contributed by atoms with van der Waals surface area (Å²) in [6, 6.07) is 12.4. The van der Waals surface area contributed by atoms with Crippen LogP contribution >= 0.6 is 0 Å². The molecule has 0 unspecified atom stereocenters. The van der Waals surface area contributed by atoms with Crippen LogP contribution < -0.4 is 4.90 Å². The zero-order valence-corrected chi connectivity index (χ0v) is 21.4. The minimum atomic E-state index is -0.613. The van der Waals surface area contributed by atoms with Crippen LogP contribution in [0.15, 0.2) is 36.4 Å². The molecule has 0 saturated carbocycles. The summed E-state index contributed by atoms with van der Waals surface area (Å²) in [5.41, 5.74) is 3.26. The van der Waals surface area contributed by atoms with Gasteiger partial charge in [-0.3, -0.25) is 9.47 Å². The molecule has 0 bridgehead atoms. The predicted octanol–water partition coefficient (Wildman–Crippen LogP) is 3.20. The van der Waals surface area contributed by atoms with Gasteiger partial charge in [-0.25, -0.2) is 9.97 Å². The number of hydrogen-bond acceptors (Lipinski definition) is 7. The Labute approximate surface area is 211 Å². The van der Waals surface area contributed by atoms with Gasteiger partial charge in [0, 0.05) is 31.8 Å². The number of aromatic nitrogens is 5. The van der Waals surface area contributed by atoms with E-state index in [9.17, 15) is 5.11 Å². The van der Waals surface area contributed by atoms with Crippen LogP contribution in [0.1, 0.15) is 38.2 Å². The number of anilines is 1. The van der Waals surface area contributed by atoms with Gasteiger partial charge in [0.1, 0.15) is 17.5 Å². The first kappa shape index (κ1) is 23.4. The number of rotatable bonds is 5. The lowest BCUT2D eigenvalue weighted by Gasteiger charge is -2.37. The summed E-state index contributed by atoms with van der Waals surface area (Å²) in [6.45, 7) is 11.7. The fourth-order valence-electron chi connectivity index (χ4n) is 5.66. The zero-order valence-electron chi connectivity index (χ0n) is 21.4. The van der Waals surface area contributed by atoms with E-state index >= 15 is 0 Å². The molecule has 5 heterocycles. The van der Waals surface area contributed by atoms with Gasteiger partial charge in [-0.2, -0.15) is 9.61 Å². The second-order valence-corrected chi connectivity index (χ2v) is 10.7. The summed E-state index contributed by atoms with van der Waals surface area (Å²) >= 11 is 0. The third-order valence-electron chi connectivity index (χ3n) is 7.71. The number of imidazole rings is 1. The molecule has 9 heteroatoms. The first-order valence-corrected chi connectivity index (χ1v) is 13.0. The Morgan fingerprint density at radius 1 is 1.03 bits per heavy atom. The molecule has 2 aliphatic heterocycles. The molecule has 0 aliphatic carbocycles. The summed E-state index contributed by atoms with van der Waals surface area (Å²) in [6.07, 6.45) is 2.01. The number of nitrogens with zero attached hydrogens (tertiary/aromatic N) is 7. The van der Waals surface area contributed by atoms with Gasteiger partial charge in [-0.15, -0.1) is 0 Å². The van der Waals surface area contributed by atoms with Crippen LogP contribution in [0.2, 0.25) is 0 Å². The smallest absolute Gasteiger partial charge is 0.160 e. The van der Waals surface area contributed by atoms with Gasteiger partial charge in [0.2, 0.25) is 0 Å². The Bertz CT molecular complexity index is 1370. The van der Waals surface area contributed by atoms with E-state index in [1.54, 1.807) is 0 Å². The number of aryl methyl sites for hydroxylation is 1. The van der Waals surface area contributed by atoms with Crippen molar-refractivity contribution < 1.29 is 9.84 Å². The minimum Gasteiger partial charge on any atom is -0.390 e. The lowest BCUT2D eigenvalue weighted by atomic mass is 9.83. The van der Waals surface area contributed by atoms with Gasteiger partial charge in [-0.1, -0.05) is 12.1 Å². The van der Waals surface area contributed by atoms with Crippen LogP contribution in [0, 0.1) is 12.8 Å². The average Bonchev–Trinajstić information content (AvgIpc) is 3.43. The van der Waals surface area contributed by atoms with E-state index in [1.807, 2.05) is 43.5 Å². The number of hydrogen-bond donors (Lipinski definition) is 1. The van der Waals surface area contributed by atoms with Crippen LogP contribution in [0.5, 0.6) is 0 Å². The van der Waals surface area contributed by atoms with Crippen molar-refractivity contribution in [1.82, 2.24) is 29.0 Å². The second kappa shape index (κ2) is 9.14. The maximum absolute atomic E-state index is 10.4. The molecule has 190 valence electrons. The van der Waals surface area contributed by atoms with Crippen LogP contribution in [0.25, 0.3) is 22.5 Å². The van der Waals surface area contributed by atoms with Crippen LogP contribution in [-0.4, -0.2) is 79.1 Å². The quantitative estimate of drug-likeness (QED) is 0.461. The van der Waals surface area contributed by atoms with Crippen molar-refractivity contribution in [2.75, 3.05) is 44.3 Å². The molecule has 2 saturated heterocycles. The Balaban J connectivity index is 1.36. The molecule has 6 rings (SSSR count). The normalized spacial score (nSPS) is 18.5. The lowest BCUT2D eigenvalue weighted by Crippen LogP contribution is -2.41. The van der Waals surface area contributed by atoms with Crippen molar-refractivity contribution in [3.63, 3.8) is 0 Å². The first-order valence-electron chi connectivity index (χ1n) is 13.0.